The summed E-state index contributed by atoms with van der Waals surface area (Å²) in [5.74, 6) is -1.33. The van der Waals surface area contributed by atoms with Crippen LogP contribution in [0.15, 0.2) is 72.8 Å². The number of amides is 2. The molecule has 0 radical (unpaired) electrons. The van der Waals surface area contributed by atoms with Crippen molar-refractivity contribution >= 4 is 23.7 Å². The number of alkyl carbamates (subject to hydrolysis) is 1. The summed E-state index contributed by atoms with van der Waals surface area (Å²) in [4.78, 5) is 35.5. The average molecular weight is 460 g/mol. The number of ether oxygens (including phenoxy) is 2. The Morgan fingerprint density at radius 1 is 0.941 bits per heavy atom. The molecule has 1 aliphatic carbocycles. The van der Waals surface area contributed by atoms with Gasteiger partial charge in [-0.2, -0.15) is 0 Å². The van der Waals surface area contributed by atoms with Gasteiger partial charge in [0.25, 0.3) is 0 Å². The van der Waals surface area contributed by atoms with Crippen molar-refractivity contribution in [3.63, 3.8) is 0 Å². The quantitative estimate of drug-likeness (QED) is 0.468. The molecular formula is C26H24N2O6. The maximum atomic E-state index is 12.5. The van der Waals surface area contributed by atoms with Gasteiger partial charge in [-0.05, 0) is 41.3 Å². The molecule has 0 saturated heterocycles. The van der Waals surface area contributed by atoms with Crippen LogP contribution < -0.4 is 15.4 Å². The smallest absolute Gasteiger partial charge is 0.407 e. The van der Waals surface area contributed by atoms with E-state index in [9.17, 15) is 14.4 Å². The third kappa shape index (κ3) is 5.17. The van der Waals surface area contributed by atoms with Crippen LogP contribution in [-0.4, -0.2) is 42.3 Å². The first kappa shape index (κ1) is 22.8. The Kier molecular flexibility index (Phi) is 6.77. The first-order chi connectivity index (χ1) is 16.4. The zero-order chi connectivity index (χ0) is 24.1. The third-order valence-electron chi connectivity index (χ3n) is 5.54. The molecule has 174 valence electrons. The lowest BCUT2D eigenvalue weighted by atomic mass is 9.98. The molecule has 3 aromatic rings. The summed E-state index contributed by atoms with van der Waals surface area (Å²) >= 11 is 0. The molecule has 0 saturated carbocycles. The number of anilines is 1. The number of carbonyl (C=O) groups is 3. The van der Waals surface area contributed by atoms with Gasteiger partial charge < -0.3 is 25.2 Å². The Labute approximate surface area is 196 Å². The van der Waals surface area contributed by atoms with Crippen LogP contribution in [-0.2, 0) is 14.3 Å². The van der Waals surface area contributed by atoms with Crippen molar-refractivity contribution in [3.8, 4) is 16.9 Å². The second kappa shape index (κ2) is 10.1. The SMILES string of the molecule is C[C@@H](NC(=O)OCC1c2ccccc2-c2ccccc21)C(=O)Nc1cccc(OCC(=O)O)c1. The number of hydrogen-bond donors (Lipinski definition) is 3. The van der Waals surface area contributed by atoms with Crippen LogP contribution >= 0.6 is 0 Å². The Balaban J connectivity index is 1.32. The van der Waals surface area contributed by atoms with E-state index in [1.165, 1.54) is 6.07 Å². The molecule has 3 aromatic carbocycles. The van der Waals surface area contributed by atoms with E-state index in [4.69, 9.17) is 14.6 Å². The molecule has 34 heavy (non-hydrogen) atoms. The first-order valence-electron chi connectivity index (χ1n) is 10.8. The van der Waals surface area contributed by atoms with E-state index in [2.05, 4.69) is 22.8 Å². The van der Waals surface area contributed by atoms with E-state index in [0.29, 0.717) is 11.4 Å². The summed E-state index contributed by atoms with van der Waals surface area (Å²) in [5, 5.41) is 13.9. The van der Waals surface area contributed by atoms with Crippen LogP contribution in [0.5, 0.6) is 5.75 Å². The van der Waals surface area contributed by atoms with Crippen LogP contribution in [0.4, 0.5) is 10.5 Å². The van der Waals surface area contributed by atoms with E-state index in [-0.39, 0.29) is 12.5 Å². The molecule has 3 N–H and O–H groups in total. The minimum absolute atomic E-state index is 0.0733. The first-order valence-corrected chi connectivity index (χ1v) is 10.8. The fourth-order valence-electron chi connectivity index (χ4n) is 3.94. The van der Waals surface area contributed by atoms with Crippen LogP contribution in [0, 0.1) is 0 Å². The predicted molar refractivity (Wildman–Crippen MR) is 126 cm³/mol. The lowest BCUT2D eigenvalue weighted by molar-refractivity contribution is -0.139. The van der Waals surface area contributed by atoms with Gasteiger partial charge in [0.1, 0.15) is 18.4 Å². The second-order valence-corrected chi connectivity index (χ2v) is 7.89. The number of carboxylic acids is 1. The second-order valence-electron chi connectivity index (χ2n) is 7.89. The number of nitrogens with one attached hydrogen (secondary N) is 2. The summed E-state index contributed by atoms with van der Waals surface area (Å²) < 4.78 is 10.6. The largest absolute Gasteiger partial charge is 0.482 e. The van der Waals surface area contributed by atoms with Gasteiger partial charge >= 0.3 is 12.1 Å². The van der Waals surface area contributed by atoms with Gasteiger partial charge in [0.05, 0.1) is 0 Å². The maximum absolute atomic E-state index is 12.5. The predicted octanol–water partition coefficient (Wildman–Crippen LogP) is 4.02. The van der Waals surface area contributed by atoms with Crippen molar-refractivity contribution in [3.05, 3.63) is 83.9 Å². The molecule has 0 fully saturated rings. The molecule has 1 atom stereocenters. The van der Waals surface area contributed by atoms with E-state index >= 15 is 0 Å². The van der Waals surface area contributed by atoms with Crippen molar-refractivity contribution in [2.24, 2.45) is 0 Å². The number of fused-ring (bicyclic) bond motifs is 3. The molecule has 1 aliphatic rings. The molecule has 0 bridgehead atoms. The molecule has 0 spiro atoms. The van der Waals surface area contributed by atoms with Crippen LogP contribution in [0.1, 0.15) is 24.0 Å². The van der Waals surface area contributed by atoms with E-state index in [0.717, 1.165) is 22.3 Å². The Morgan fingerprint density at radius 2 is 1.59 bits per heavy atom. The normalized spacial score (nSPS) is 12.7. The van der Waals surface area contributed by atoms with Crippen molar-refractivity contribution < 1.29 is 29.0 Å². The van der Waals surface area contributed by atoms with Crippen molar-refractivity contribution in [2.45, 2.75) is 18.9 Å². The maximum Gasteiger partial charge on any atom is 0.407 e. The standard InChI is InChI=1S/C26H24N2O6/c1-16(25(31)28-17-7-6-8-18(13-17)33-15-24(29)30)27-26(32)34-14-23-21-11-4-2-9-19(21)20-10-3-5-12-22(20)23/h2-13,16,23H,14-15H2,1H3,(H,27,32)(H,28,31)(H,29,30)/t16-/m1/s1. The fraction of sp³-hybridized carbons (Fsp3) is 0.192. The zero-order valence-electron chi connectivity index (χ0n) is 18.5. The fourth-order valence-corrected chi connectivity index (χ4v) is 3.94. The molecule has 4 rings (SSSR count). The average Bonchev–Trinajstić information content (AvgIpc) is 3.15. The van der Waals surface area contributed by atoms with Gasteiger partial charge in [-0.1, -0.05) is 54.6 Å². The lowest BCUT2D eigenvalue weighted by Crippen LogP contribution is -2.42. The topological polar surface area (TPSA) is 114 Å². The molecule has 0 aliphatic heterocycles. The summed E-state index contributed by atoms with van der Waals surface area (Å²) in [6.45, 7) is 1.20. The zero-order valence-corrected chi connectivity index (χ0v) is 18.5. The van der Waals surface area contributed by atoms with Gasteiger partial charge in [-0.3, -0.25) is 4.79 Å². The van der Waals surface area contributed by atoms with Gasteiger partial charge in [0.2, 0.25) is 5.91 Å². The number of rotatable bonds is 8. The highest BCUT2D eigenvalue weighted by Gasteiger charge is 2.29. The number of benzene rings is 3. The van der Waals surface area contributed by atoms with E-state index < -0.39 is 30.6 Å². The summed E-state index contributed by atoms with van der Waals surface area (Å²) in [7, 11) is 0. The number of carboxylic acid groups (broad SMARTS) is 1. The van der Waals surface area contributed by atoms with Gasteiger partial charge in [0.15, 0.2) is 6.61 Å². The Morgan fingerprint density at radius 3 is 2.24 bits per heavy atom. The van der Waals surface area contributed by atoms with Crippen molar-refractivity contribution in [2.75, 3.05) is 18.5 Å². The van der Waals surface area contributed by atoms with Gasteiger partial charge in [0, 0.05) is 17.7 Å². The van der Waals surface area contributed by atoms with Crippen LogP contribution in [0.3, 0.4) is 0 Å². The summed E-state index contributed by atoms with van der Waals surface area (Å²) in [6.07, 6.45) is -0.692. The molecule has 0 aromatic heterocycles. The third-order valence-corrected chi connectivity index (χ3v) is 5.54. The minimum Gasteiger partial charge on any atom is -0.482 e. The number of hydrogen-bond acceptors (Lipinski definition) is 5. The van der Waals surface area contributed by atoms with E-state index in [1.807, 2.05) is 36.4 Å². The Hall–Kier alpha value is -4.33. The van der Waals surface area contributed by atoms with Crippen molar-refractivity contribution in [1.29, 1.82) is 0 Å². The highest BCUT2D eigenvalue weighted by Crippen LogP contribution is 2.44. The molecule has 8 nitrogen and oxygen atoms in total. The minimum atomic E-state index is -1.10. The summed E-state index contributed by atoms with van der Waals surface area (Å²) in [6, 6.07) is 21.6. The van der Waals surface area contributed by atoms with Gasteiger partial charge in [-0.25, -0.2) is 9.59 Å². The van der Waals surface area contributed by atoms with Gasteiger partial charge in [-0.15, -0.1) is 0 Å². The monoisotopic (exact) mass is 460 g/mol. The van der Waals surface area contributed by atoms with Crippen molar-refractivity contribution in [1.82, 2.24) is 5.32 Å². The van der Waals surface area contributed by atoms with Crippen LogP contribution in [0.25, 0.3) is 11.1 Å². The van der Waals surface area contributed by atoms with Crippen LogP contribution in [0.2, 0.25) is 0 Å². The molecule has 0 unspecified atom stereocenters. The summed E-state index contributed by atoms with van der Waals surface area (Å²) in [5.41, 5.74) is 4.89. The molecule has 0 heterocycles. The molecule has 2 amide bonds. The molecular weight excluding hydrogens is 436 g/mol. The number of aliphatic carboxylic acids is 1. The van der Waals surface area contributed by atoms with E-state index in [1.54, 1.807) is 25.1 Å². The Bertz CT molecular complexity index is 1180. The molecule has 8 heteroatoms. The highest BCUT2D eigenvalue weighted by atomic mass is 16.5. The lowest BCUT2D eigenvalue weighted by Gasteiger charge is -2.17. The highest BCUT2D eigenvalue weighted by molar-refractivity contribution is 5.96. The number of carbonyl (C=O) groups excluding carboxylic acids is 2.